The fraction of sp³-hybridized carbons (Fsp3) is 0.250. The van der Waals surface area contributed by atoms with Gasteiger partial charge in [0.05, 0.1) is 18.4 Å². The van der Waals surface area contributed by atoms with Crippen LogP contribution in [0, 0.1) is 13.8 Å². The molecule has 0 bridgehead atoms. The van der Waals surface area contributed by atoms with Crippen molar-refractivity contribution in [1.29, 1.82) is 0 Å². The summed E-state index contributed by atoms with van der Waals surface area (Å²) in [4.78, 5) is 0. The zero-order chi connectivity index (χ0) is 10.4. The highest BCUT2D eigenvalue weighted by molar-refractivity contribution is 5.84. The van der Waals surface area contributed by atoms with Crippen molar-refractivity contribution in [3.63, 3.8) is 0 Å². The zero-order valence-electron chi connectivity index (χ0n) is 8.89. The lowest BCUT2D eigenvalue weighted by molar-refractivity contribution is 0.974. The van der Waals surface area contributed by atoms with Crippen LogP contribution in [0.2, 0.25) is 0 Å². The molecule has 0 saturated heterocycles. The van der Waals surface area contributed by atoms with Gasteiger partial charge in [0.15, 0.2) is 0 Å². The van der Waals surface area contributed by atoms with Crippen LogP contribution in [0.1, 0.15) is 16.8 Å². The summed E-state index contributed by atoms with van der Waals surface area (Å²) >= 11 is 0. The molecular weight excluding hydrogens is 186 g/mol. The Bertz CT molecular complexity index is 526. The molecule has 0 aliphatic carbocycles. The Hall–Kier alpha value is -1.77. The Labute approximate surface area is 88.5 Å². The molecule has 1 aliphatic rings. The van der Waals surface area contributed by atoms with E-state index in [1.54, 1.807) is 0 Å². The number of H-pyrrole nitrogens is 1. The van der Waals surface area contributed by atoms with E-state index in [2.05, 4.69) is 41.5 Å². The van der Waals surface area contributed by atoms with Gasteiger partial charge in [0, 0.05) is 16.8 Å². The largest absolute Gasteiger partial charge is 0.379 e. The Morgan fingerprint density at radius 3 is 2.93 bits per heavy atom. The summed E-state index contributed by atoms with van der Waals surface area (Å²) in [5.74, 6) is 0. The molecule has 2 heterocycles. The summed E-state index contributed by atoms with van der Waals surface area (Å²) < 4.78 is 0. The highest BCUT2D eigenvalue weighted by Gasteiger charge is 2.18. The molecule has 1 aromatic carbocycles. The van der Waals surface area contributed by atoms with Crippen LogP contribution in [0.3, 0.4) is 0 Å². The maximum atomic E-state index is 4.09. The number of aromatic nitrogens is 2. The third-order valence-corrected chi connectivity index (χ3v) is 3.19. The molecule has 0 spiro atoms. The molecule has 2 N–H and O–H groups in total. The van der Waals surface area contributed by atoms with E-state index in [4.69, 9.17) is 0 Å². The SMILES string of the molecule is Cc1ccc2c(c1C)NCc1[nH]ncc1-2. The fourth-order valence-corrected chi connectivity index (χ4v) is 2.12. The first-order valence-electron chi connectivity index (χ1n) is 5.14. The second-order valence-electron chi connectivity index (χ2n) is 4.05. The van der Waals surface area contributed by atoms with E-state index in [0.717, 1.165) is 6.54 Å². The van der Waals surface area contributed by atoms with E-state index >= 15 is 0 Å². The number of rotatable bonds is 0. The van der Waals surface area contributed by atoms with Gasteiger partial charge in [0.2, 0.25) is 0 Å². The first-order valence-corrected chi connectivity index (χ1v) is 5.14. The van der Waals surface area contributed by atoms with Gasteiger partial charge in [-0.1, -0.05) is 12.1 Å². The average molecular weight is 199 g/mol. The number of hydrogen-bond acceptors (Lipinski definition) is 2. The van der Waals surface area contributed by atoms with Crippen molar-refractivity contribution in [3.8, 4) is 11.1 Å². The van der Waals surface area contributed by atoms with Crippen LogP contribution in [0.25, 0.3) is 11.1 Å². The molecule has 0 atom stereocenters. The molecule has 1 aliphatic heterocycles. The summed E-state index contributed by atoms with van der Waals surface area (Å²) in [5, 5.41) is 10.6. The second-order valence-corrected chi connectivity index (χ2v) is 4.05. The quantitative estimate of drug-likeness (QED) is 0.684. The van der Waals surface area contributed by atoms with Crippen LogP contribution in [0.5, 0.6) is 0 Å². The number of aromatic amines is 1. The van der Waals surface area contributed by atoms with Gasteiger partial charge < -0.3 is 5.32 Å². The van der Waals surface area contributed by atoms with E-state index in [0.29, 0.717) is 0 Å². The lowest BCUT2D eigenvalue weighted by Crippen LogP contribution is -2.09. The van der Waals surface area contributed by atoms with Crippen LogP contribution in [-0.2, 0) is 6.54 Å². The van der Waals surface area contributed by atoms with Crippen LogP contribution < -0.4 is 5.32 Å². The van der Waals surface area contributed by atoms with Gasteiger partial charge in [0.25, 0.3) is 0 Å². The Kier molecular flexibility index (Phi) is 1.63. The van der Waals surface area contributed by atoms with Crippen molar-refractivity contribution in [1.82, 2.24) is 10.2 Å². The van der Waals surface area contributed by atoms with Crippen molar-refractivity contribution in [3.05, 3.63) is 35.2 Å². The number of nitrogens with one attached hydrogen (secondary N) is 2. The van der Waals surface area contributed by atoms with Crippen molar-refractivity contribution >= 4 is 5.69 Å². The van der Waals surface area contributed by atoms with Crippen LogP contribution in [-0.4, -0.2) is 10.2 Å². The van der Waals surface area contributed by atoms with Gasteiger partial charge in [-0.25, -0.2) is 0 Å². The third kappa shape index (κ3) is 1.09. The van der Waals surface area contributed by atoms with E-state index in [9.17, 15) is 0 Å². The Morgan fingerprint density at radius 1 is 1.20 bits per heavy atom. The van der Waals surface area contributed by atoms with E-state index in [-0.39, 0.29) is 0 Å². The minimum atomic E-state index is 0.840. The van der Waals surface area contributed by atoms with Gasteiger partial charge in [0.1, 0.15) is 0 Å². The highest BCUT2D eigenvalue weighted by atomic mass is 15.1. The maximum Gasteiger partial charge on any atom is 0.0622 e. The molecule has 1 aromatic heterocycles. The zero-order valence-corrected chi connectivity index (χ0v) is 8.89. The van der Waals surface area contributed by atoms with Gasteiger partial charge in [-0.05, 0) is 25.0 Å². The number of nitrogens with zero attached hydrogens (tertiary/aromatic N) is 1. The standard InChI is InChI=1S/C12H13N3/c1-7-3-4-9-10-5-14-15-11(10)6-13-12(9)8(7)2/h3-5,13H,6H2,1-2H3,(H,14,15). The van der Waals surface area contributed by atoms with Crippen molar-refractivity contribution in [2.24, 2.45) is 0 Å². The molecule has 0 radical (unpaired) electrons. The van der Waals surface area contributed by atoms with Crippen LogP contribution in [0.4, 0.5) is 5.69 Å². The van der Waals surface area contributed by atoms with E-state index in [1.165, 1.54) is 33.6 Å². The van der Waals surface area contributed by atoms with Crippen molar-refractivity contribution in [2.75, 3.05) is 5.32 Å². The molecule has 3 nitrogen and oxygen atoms in total. The molecule has 3 rings (SSSR count). The normalized spacial score (nSPS) is 12.9. The summed E-state index contributed by atoms with van der Waals surface area (Å²) in [6, 6.07) is 4.33. The molecule has 76 valence electrons. The first kappa shape index (κ1) is 8.53. The summed E-state index contributed by atoms with van der Waals surface area (Å²) in [6.45, 7) is 5.14. The molecule has 15 heavy (non-hydrogen) atoms. The number of fused-ring (bicyclic) bond motifs is 3. The smallest absolute Gasteiger partial charge is 0.0622 e. The minimum Gasteiger partial charge on any atom is -0.379 e. The number of hydrogen-bond donors (Lipinski definition) is 2. The van der Waals surface area contributed by atoms with Crippen LogP contribution in [0.15, 0.2) is 18.3 Å². The van der Waals surface area contributed by atoms with Crippen molar-refractivity contribution in [2.45, 2.75) is 20.4 Å². The van der Waals surface area contributed by atoms with Crippen molar-refractivity contribution < 1.29 is 0 Å². The molecule has 0 amide bonds. The number of anilines is 1. The predicted molar refractivity (Wildman–Crippen MR) is 60.8 cm³/mol. The third-order valence-electron chi connectivity index (χ3n) is 3.19. The Balaban J connectivity index is 2.31. The topological polar surface area (TPSA) is 40.7 Å². The maximum absolute atomic E-state index is 4.09. The van der Waals surface area contributed by atoms with E-state index < -0.39 is 0 Å². The summed E-state index contributed by atoms with van der Waals surface area (Å²) in [6.07, 6.45) is 1.91. The molecular formula is C12H13N3. The minimum absolute atomic E-state index is 0.840. The average Bonchev–Trinajstić information content (AvgIpc) is 2.71. The molecule has 0 fully saturated rings. The first-order chi connectivity index (χ1) is 7.27. The second kappa shape index (κ2) is 2.86. The van der Waals surface area contributed by atoms with Gasteiger partial charge in [-0.3, -0.25) is 5.10 Å². The summed E-state index contributed by atoms with van der Waals surface area (Å²) in [5.41, 5.74) is 7.57. The number of benzene rings is 1. The van der Waals surface area contributed by atoms with Gasteiger partial charge in [-0.15, -0.1) is 0 Å². The van der Waals surface area contributed by atoms with Gasteiger partial charge in [-0.2, -0.15) is 5.10 Å². The molecule has 2 aromatic rings. The number of aryl methyl sites for hydroxylation is 1. The molecule has 0 unspecified atom stereocenters. The molecule has 3 heteroatoms. The monoisotopic (exact) mass is 199 g/mol. The predicted octanol–water partition coefficient (Wildman–Crippen LogP) is 2.62. The lowest BCUT2D eigenvalue weighted by atomic mass is 9.95. The highest BCUT2D eigenvalue weighted by Crippen LogP contribution is 2.37. The lowest BCUT2D eigenvalue weighted by Gasteiger charge is -2.21. The molecule has 0 saturated carbocycles. The Morgan fingerprint density at radius 2 is 2.07 bits per heavy atom. The fourth-order valence-electron chi connectivity index (χ4n) is 2.12. The van der Waals surface area contributed by atoms with Crippen LogP contribution >= 0.6 is 0 Å². The summed E-state index contributed by atoms with van der Waals surface area (Å²) in [7, 11) is 0. The van der Waals surface area contributed by atoms with Gasteiger partial charge >= 0.3 is 0 Å². The van der Waals surface area contributed by atoms with E-state index in [1.807, 2.05) is 6.20 Å².